The van der Waals surface area contributed by atoms with Crippen molar-refractivity contribution in [2.24, 2.45) is 0 Å². The normalized spacial score (nSPS) is 10.8. The first kappa shape index (κ1) is 17.0. The molecule has 5 nitrogen and oxygen atoms in total. The number of rotatable bonds is 6. The van der Waals surface area contributed by atoms with E-state index < -0.39 is 5.97 Å². The highest BCUT2D eigenvalue weighted by Gasteiger charge is 2.20. The van der Waals surface area contributed by atoms with Crippen LogP contribution in [0.15, 0.2) is 46.9 Å². The van der Waals surface area contributed by atoms with Gasteiger partial charge in [-0.2, -0.15) is 0 Å². The highest BCUT2D eigenvalue weighted by Crippen LogP contribution is 2.29. The van der Waals surface area contributed by atoms with E-state index in [1.54, 1.807) is 38.5 Å². The Morgan fingerprint density at radius 2 is 1.76 bits per heavy atom. The molecule has 0 N–H and O–H groups in total. The van der Waals surface area contributed by atoms with Crippen molar-refractivity contribution in [1.82, 2.24) is 0 Å². The third-order valence-corrected chi connectivity index (χ3v) is 4.06. The summed E-state index contributed by atoms with van der Waals surface area (Å²) in [5.74, 6) is 0.871. The minimum Gasteiger partial charge on any atom is -0.497 e. The van der Waals surface area contributed by atoms with Crippen LogP contribution < -0.4 is 9.47 Å². The molecule has 2 aromatic carbocycles. The van der Waals surface area contributed by atoms with Crippen LogP contribution in [-0.4, -0.2) is 26.8 Å². The summed E-state index contributed by atoms with van der Waals surface area (Å²) in [6, 6.07) is 12.8. The summed E-state index contributed by atoms with van der Waals surface area (Å²) < 4.78 is 21.4. The summed E-state index contributed by atoms with van der Waals surface area (Å²) in [6.07, 6.45) is 0.815. The van der Waals surface area contributed by atoms with E-state index in [4.69, 9.17) is 18.6 Å². The summed E-state index contributed by atoms with van der Waals surface area (Å²) in [5, 5.41) is 0.834. The quantitative estimate of drug-likeness (QED) is 0.498. The van der Waals surface area contributed by atoms with E-state index in [1.807, 2.05) is 25.1 Å². The zero-order valence-corrected chi connectivity index (χ0v) is 14.5. The molecular formula is C20H20O5. The van der Waals surface area contributed by atoms with Crippen LogP contribution in [-0.2, 0) is 11.2 Å². The van der Waals surface area contributed by atoms with Gasteiger partial charge in [0.25, 0.3) is 0 Å². The molecule has 0 amide bonds. The molecule has 0 unspecified atom stereocenters. The molecule has 0 aliphatic carbocycles. The summed E-state index contributed by atoms with van der Waals surface area (Å²) in [7, 11) is 3.27. The van der Waals surface area contributed by atoms with Crippen molar-refractivity contribution in [2.75, 3.05) is 20.8 Å². The van der Waals surface area contributed by atoms with Gasteiger partial charge in [0.1, 0.15) is 17.1 Å². The molecule has 5 heteroatoms. The number of aryl methyl sites for hydroxylation is 1. The first-order chi connectivity index (χ1) is 12.1. The van der Waals surface area contributed by atoms with Crippen molar-refractivity contribution in [3.63, 3.8) is 0 Å². The third kappa shape index (κ3) is 3.67. The van der Waals surface area contributed by atoms with Gasteiger partial charge in [0.05, 0.1) is 13.7 Å². The lowest BCUT2D eigenvalue weighted by Crippen LogP contribution is -2.08. The number of fused-ring (bicyclic) bond motifs is 1. The van der Waals surface area contributed by atoms with Gasteiger partial charge in [-0.05, 0) is 49.2 Å². The predicted octanol–water partition coefficient (Wildman–Crippen LogP) is 4.16. The van der Waals surface area contributed by atoms with Gasteiger partial charge in [0.2, 0.25) is 5.76 Å². The Morgan fingerprint density at radius 1 is 1.04 bits per heavy atom. The van der Waals surface area contributed by atoms with Gasteiger partial charge in [-0.1, -0.05) is 12.1 Å². The Balaban J connectivity index is 1.79. The second-order valence-corrected chi connectivity index (χ2v) is 5.69. The van der Waals surface area contributed by atoms with E-state index in [9.17, 15) is 4.79 Å². The fraction of sp³-hybridized carbons (Fsp3) is 0.250. The number of furan rings is 1. The molecule has 0 saturated carbocycles. The molecule has 1 aromatic heterocycles. The maximum atomic E-state index is 12.4. The molecule has 0 radical (unpaired) electrons. The molecule has 0 aliphatic rings. The number of esters is 1. The first-order valence-corrected chi connectivity index (χ1v) is 7.99. The molecule has 0 bridgehead atoms. The van der Waals surface area contributed by atoms with Crippen molar-refractivity contribution in [3.8, 4) is 11.5 Å². The molecule has 130 valence electrons. The van der Waals surface area contributed by atoms with Gasteiger partial charge >= 0.3 is 5.97 Å². The van der Waals surface area contributed by atoms with Crippen LogP contribution in [0.5, 0.6) is 11.5 Å². The lowest BCUT2D eigenvalue weighted by molar-refractivity contribution is 0.0703. The smallest absolute Gasteiger partial charge is 0.379 e. The van der Waals surface area contributed by atoms with E-state index >= 15 is 0 Å². The van der Waals surface area contributed by atoms with Crippen LogP contribution in [0.3, 0.4) is 0 Å². The second-order valence-electron chi connectivity index (χ2n) is 5.69. The van der Waals surface area contributed by atoms with Gasteiger partial charge < -0.3 is 18.6 Å². The van der Waals surface area contributed by atoms with E-state index in [2.05, 4.69) is 0 Å². The summed E-state index contributed by atoms with van der Waals surface area (Å²) in [4.78, 5) is 12.4. The Bertz CT molecular complexity index is 877. The minimum absolute atomic E-state index is 0.201. The fourth-order valence-corrected chi connectivity index (χ4v) is 2.62. The second kappa shape index (κ2) is 7.40. The number of hydrogen-bond acceptors (Lipinski definition) is 5. The van der Waals surface area contributed by atoms with Gasteiger partial charge in [0.15, 0.2) is 0 Å². The molecule has 25 heavy (non-hydrogen) atoms. The Hall–Kier alpha value is -2.79. The number of methoxy groups -OCH3 is 2. The largest absolute Gasteiger partial charge is 0.497 e. The summed E-state index contributed by atoms with van der Waals surface area (Å²) in [5.41, 5.74) is 2.48. The van der Waals surface area contributed by atoms with Crippen LogP contribution in [0.1, 0.15) is 21.7 Å². The molecule has 0 saturated heterocycles. The Kier molecular flexibility index (Phi) is 5.05. The van der Waals surface area contributed by atoms with Crippen LogP contribution in [0.4, 0.5) is 0 Å². The lowest BCUT2D eigenvalue weighted by Gasteiger charge is -2.05. The van der Waals surface area contributed by atoms with Crippen LogP contribution >= 0.6 is 0 Å². The predicted molar refractivity (Wildman–Crippen MR) is 94.5 cm³/mol. The highest BCUT2D eigenvalue weighted by molar-refractivity contribution is 5.97. The summed E-state index contributed by atoms with van der Waals surface area (Å²) in [6.45, 7) is 2.48. The SMILES string of the molecule is COCCc1ccc(OC(=O)c2oc3ccc(OC)cc3c2C)cc1. The van der Waals surface area contributed by atoms with Crippen molar-refractivity contribution >= 4 is 16.9 Å². The maximum absolute atomic E-state index is 12.4. The average molecular weight is 340 g/mol. The molecule has 0 atom stereocenters. The Morgan fingerprint density at radius 3 is 2.44 bits per heavy atom. The average Bonchev–Trinajstić information content (AvgIpc) is 2.97. The Labute approximate surface area is 146 Å². The fourth-order valence-electron chi connectivity index (χ4n) is 2.62. The number of carbonyl (C=O) groups is 1. The zero-order valence-electron chi connectivity index (χ0n) is 14.5. The zero-order chi connectivity index (χ0) is 17.8. The lowest BCUT2D eigenvalue weighted by atomic mass is 10.1. The van der Waals surface area contributed by atoms with E-state index in [-0.39, 0.29) is 5.76 Å². The van der Waals surface area contributed by atoms with Gasteiger partial charge in [-0.15, -0.1) is 0 Å². The van der Waals surface area contributed by atoms with Crippen molar-refractivity contribution in [2.45, 2.75) is 13.3 Å². The van der Waals surface area contributed by atoms with Crippen LogP contribution in [0.25, 0.3) is 11.0 Å². The maximum Gasteiger partial charge on any atom is 0.379 e. The molecule has 0 aliphatic heterocycles. The van der Waals surface area contributed by atoms with Crippen molar-refractivity contribution < 1.29 is 23.4 Å². The molecule has 1 heterocycles. The molecular weight excluding hydrogens is 320 g/mol. The van der Waals surface area contributed by atoms with E-state index in [0.717, 1.165) is 22.9 Å². The number of ether oxygens (including phenoxy) is 3. The van der Waals surface area contributed by atoms with E-state index in [0.29, 0.717) is 23.7 Å². The monoisotopic (exact) mass is 340 g/mol. The van der Waals surface area contributed by atoms with Gasteiger partial charge in [0, 0.05) is 18.1 Å². The van der Waals surface area contributed by atoms with Crippen molar-refractivity contribution in [3.05, 3.63) is 59.4 Å². The topological polar surface area (TPSA) is 57.9 Å². The molecule has 3 aromatic rings. The van der Waals surface area contributed by atoms with Gasteiger partial charge in [-0.3, -0.25) is 0 Å². The van der Waals surface area contributed by atoms with Crippen LogP contribution in [0, 0.1) is 6.92 Å². The number of carbonyl (C=O) groups excluding carboxylic acids is 1. The molecule has 3 rings (SSSR count). The first-order valence-electron chi connectivity index (χ1n) is 7.99. The number of benzene rings is 2. The molecule has 0 fully saturated rings. The molecule has 0 spiro atoms. The highest BCUT2D eigenvalue weighted by atomic mass is 16.5. The number of hydrogen-bond donors (Lipinski definition) is 0. The van der Waals surface area contributed by atoms with E-state index in [1.165, 1.54) is 0 Å². The minimum atomic E-state index is -0.516. The van der Waals surface area contributed by atoms with Gasteiger partial charge in [-0.25, -0.2) is 4.79 Å². The summed E-state index contributed by atoms with van der Waals surface area (Å²) >= 11 is 0. The van der Waals surface area contributed by atoms with Crippen molar-refractivity contribution in [1.29, 1.82) is 0 Å². The van der Waals surface area contributed by atoms with Crippen LogP contribution in [0.2, 0.25) is 0 Å². The third-order valence-electron chi connectivity index (χ3n) is 4.06. The standard InChI is InChI=1S/C20H20O5/c1-13-17-12-16(23-3)8-9-18(17)25-19(13)20(21)24-15-6-4-14(5-7-15)10-11-22-2/h4-9,12H,10-11H2,1-3H3.